The Kier molecular flexibility index (Phi) is 5.27. The van der Waals surface area contributed by atoms with Crippen molar-refractivity contribution in [3.05, 3.63) is 64.5 Å². The minimum atomic E-state index is -0.347. The normalized spacial score (nSPS) is 11.6. The van der Waals surface area contributed by atoms with Crippen LogP contribution < -0.4 is 14.9 Å². The summed E-state index contributed by atoms with van der Waals surface area (Å²) in [5.74, 6) is 0.398. The summed E-state index contributed by atoms with van der Waals surface area (Å²) in [5, 5.41) is 0.355. The van der Waals surface area contributed by atoms with E-state index in [1.165, 1.54) is 17.9 Å². The molecule has 0 bridgehead atoms. The third-order valence-electron chi connectivity index (χ3n) is 4.35. The first kappa shape index (κ1) is 19.7. The van der Waals surface area contributed by atoms with E-state index in [9.17, 15) is 9.59 Å². The van der Waals surface area contributed by atoms with Crippen LogP contribution in [0.1, 0.15) is 40.2 Å². The lowest BCUT2D eigenvalue weighted by atomic mass is 9.87. The fourth-order valence-electron chi connectivity index (χ4n) is 2.61. The number of benzene rings is 2. The zero-order chi connectivity index (χ0) is 20.5. The van der Waals surface area contributed by atoms with Crippen LogP contribution in [0, 0.1) is 5.92 Å². The zero-order valence-electron chi connectivity index (χ0n) is 16.7. The molecule has 0 saturated carbocycles. The van der Waals surface area contributed by atoms with Crippen LogP contribution in [-0.4, -0.2) is 5.97 Å². The minimum absolute atomic E-state index is 0.0389. The fourth-order valence-corrected chi connectivity index (χ4v) is 2.61. The molecular formula is C23H24O5. The number of esters is 1. The van der Waals surface area contributed by atoms with Crippen LogP contribution in [0.4, 0.5) is 0 Å². The molecule has 1 heterocycles. The molecule has 2 aromatic carbocycles. The predicted octanol–water partition coefficient (Wildman–Crippen LogP) is 5.44. The van der Waals surface area contributed by atoms with Gasteiger partial charge >= 0.3 is 5.97 Å². The zero-order valence-corrected chi connectivity index (χ0v) is 16.7. The van der Waals surface area contributed by atoms with Crippen molar-refractivity contribution in [3.63, 3.8) is 0 Å². The van der Waals surface area contributed by atoms with Crippen molar-refractivity contribution >= 4 is 16.9 Å². The molecule has 0 fully saturated rings. The van der Waals surface area contributed by atoms with Gasteiger partial charge in [0.1, 0.15) is 23.3 Å². The van der Waals surface area contributed by atoms with Crippen molar-refractivity contribution in [1.82, 2.24) is 0 Å². The molecule has 0 aliphatic heterocycles. The highest BCUT2D eigenvalue weighted by atomic mass is 16.5. The van der Waals surface area contributed by atoms with E-state index in [2.05, 4.69) is 20.8 Å². The molecular weight excluding hydrogens is 356 g/mol. The Hall–Kier alpha value is -3.08. The number of ether oxygens (including phenoxy) is 2. The second-order valence-electron chi connectivity index (χ2n) is 8.04. The van der Waals surface area contributed by atoms with Crippen LogP contribution in [0.25, 0.3) is 11.0 Å². The second-order valence-corrected chi connectivity index (χ2v) is 8.04. The fraction of sp³-hybridized carbons (Fsp3) is 0.304. The van der Waals surface area contributed by atoms with Crippen molar-refractivity contribution < 1.29 is 18.7 Å². The number of carbonyl (C=O) groups is 1. The Bertz CT molecular complexity index is 1050. The lowest BCUT2D eigenvalue weighted by molar-refractivity contribution is -0.137. The van der Waals surface area contributed by atoms with E-state index in [1.54, 1.807) is 26.0 Å². The molecule has 0 atom stereocenters. The van der Waals surface area contributed by atoms with Crippen LogP contribution in [0.2, 0.25) is 0 Å². The molecule has 0 amide bonds. The van der Waals surface area contributed by atoms with Gasteiger partial charge in [-0.1, -0.05) is 46.8 Å². The maximum Gasteiger partial charge on any atom is 0.313 e. The first-order valence-electron chi connectivity index (χ1n) is 9.21. The lowest BCUT2D eigenvalue weighted by Gasteiger charge is -2.19. The third-order valence-corrected chi connectivity index (χ3v) is 4.35. The second kappa shape index (κ2) is 7.50. The van der Waals surface area contributed by atoms with Crippen molar-refractivity contribution in [2.24, 2.45) is 5.92 Å². The first-order chi connectivity index (χ1) is 13.1. The van der Waals surface area contributed by atoms with E-state index in [0.717, 1.165) is 0 Å². The molecule has 0 aliphatic carbocycles. The average molecular weight is 380 g/mol. The third kappa shape index (κ3) is 4.25. The van der Waals surface area contributed by atoms with E-state index < -0.39 is 0 Å². The maximum atomic E-state index is 12.7. The molecule has 0 unspecified atom stereocenters. The number of carbonyl (C=O) groups excluding carboxylic acids is 1. The highest BCUT2D eigenvalue weighted by Crippen LogP contribution is 2.27. The molecule has 5 heteroatoms. The summed E-state index contributed by atoms with van der Waals surface area (Å²) in [4.78, 5) is 24.4. The summed E-state index contributed by atoms with van der Waals surface area (Å²) in [5.41, 5.74) is 1.25. The van der Waals surface area contributed by atoms with Crippen LogP contribution in [0.15, 0.2) is 57.9 Å². The summed E-state index contributed by atoms with van der Waals surface area (Å²) in [7, 11) is 0. The number of rotatable bonds is 4. The maximum absolute atomic E-state index is 12.7. The van der Waals surface area contributed by atoms with E-state index >= 15 is 0 Å². The molecule has 0 saturated heterocycles. The molecule has 0 N–H and O–H groups in total. The van der Waals surface area contributed by atoms with Gasteiger partial charge in [-0.3, -0.25) is 9.59 Å². The van der Waals surface area contributed by atoms with Crippen molar-refractivity contribution in [2.45, 2.75) is 40.0 Å². The lowest BCUT2D eigenvalue weighted by Crippen LogP contribution is -2.14. The Balaban J connectivity index is 1.86. The summed E-state index contributed by atoms with van der Waals surface area (Å²) in [6, 6.07) is 12.3. The van der Waals surface area contributed by atoms with Gasteiger partial charge in [0.25, 0.3) is 0 Å². The van der Waals surface area contributed by atoms with E-state index in [-0.39, 0.29) is 28.5 Å². The van der Waals surface area contributed by atoms with Gasteiger partial charge in [-0.2, -0.15) is 0 Å². The van der Waals surface area contributed by atoms with Crippen LogP contribution >= 0.6 is 0 Å². The summed E-state index contributed by atoms with van der Waals surface area (Å²) in [6.45, 7) is 9.90. The Morgan fingerprint density at radius 1 is 1.00 bits per heavy atom. The minimum Gasteiger partial charge on any atom is -0.460 e. The monoisotopic (exact) mass is 380 g/mol. The quantitative estimate of drug-likeness (QED) is 0.445. The number of hydrogen-bond donors (Lipinski definition) is 0. The highest BCUT2D eigenvalue weighted by Gasteiger charge is 2.15. The molecule has 146 valence electrons. The molecule has 5 nitrogen and oxygen atoms in total. The van der Waals surface area contributed by atoms with Gasteiger partial charge in [0.15, 0.2) is 0 Å². The van der Waals surface area contributed by atoms with E-state index in [1.807, 2.05) is 24.3 Å². The van der Waals surface area contributed by atoms with E-state index in [0.29, 0.717) is 22.5 Å². The topological polar surface area (TPSA) is 65.7 Å². The molecule has 0 spiro atoms. The van der Waals surface area contributed by atoms with E-state index in [4.69, 9.17) is 13.9 Å². The van der Waals surface area contributed by atoms with Gasteiger partial charge < -0.3 is 13.9 Å². The van der Waals surface area contributed by atoms with Crippen LogP contribution in [0.5, 0.6) is 17.2 Å². The predicted molar refractivity (Wildman–Crippen MR) is 108 cm³/mol. The molecule has 0 radical (unpaired) electrons. The molecule has 0 aliphatic rings. The summed E-state index contributed by atoms with van der Waals surface area (Å²) in [6.07, 6.45) is 1.27. The standard InChI is InChI=1S/C23H24O5/c1-14(2)22(25)28-17-10-11-18-19(12-17)26-13-20(21(18)24)27-16-8-6-15(7-9-16)23(3,4)5/h6-14H,1-5H3. The Labute approximate surface area is 163 Å². The SMILES string of the molecule is CC(C)C(=O)Oc1ccc2c(=O)c(Oc3ccc(C(C)(C)C)cc3)coc2c1. The van der Waals surface area contributed by atoms with Crippen molar-refractivity contribution in [2.75, 3.05) is 0 Å². The first-order valence-corrected chi connectivity index (χ1v) is 9.21. The van der Waals surface area contributed by atoms with Crippen molar-refractivity contribution in [1.29, 1.82) is 0 Å². The van der Waals surface area contributed by atoms with Crippen LogP contribution in [0.3, 0.4) is 0 Å². The van der Waals surface area contributed by atoms with Gasteiger partial charge in [-0.05, 0) is 35.2 Å². The van der Waals surface area contributed by atoms with Gasteiger partial charge in [-0.25, -0.2) is 0 Å². The molecule has 1 aromatic heterocycles. The van der Waals surface area contributed by atoms with Gasteiger partial charge in [0, 0.05) is 6.07 Å². The highest BCUT2D eigenvalue weighted by molar-refractivity contribution is 5.81. The smallest absolute Gasteiger partial charge is 0.313 e. The van der Waals surface area contributed by atoms with Gasteiger partial charge in [0.05, 0.1) is 11.3 Å². The Morgan fingerprint density at radius 3 is 2.25 bits per heavy atom. The van der Waals surface area contributed by atoms with Crippen LogP contribution in [-0.2, 0) is 10.2 Å². The summed E-state index contributed by atoms with van der Waals surface area (Å²) >= 11 is 0. The largest absolute Gasteiger partial charge is 0.460 e. The van der Waals surface area contributed by atoms with Gasteiger partial charge in [0.2, 0.25) is 11.2 Å². The average Bonchev–Trinajstić information content (AvgIpc) is 2.63. The number of fused-ring (bicyclic) bond motifs is 1. The number of hydrogen-bond acceptors (Lipinski definition) is 5. The molecule has 28 heavy (non-hydrogen) atoms. The molecule has 3 aromatic rings. The van der Waals surface area contributed by atoms with Crippen molar-refractivity contribution in [3.8, 4) is 17.2 Å². The Morgan fingerprint density at radius 2 is 1.64 bits per heavy atom. The van der Waals surface area contributed by atoms with Gasteiger partial charge in [-0.15, -0.1) is 0 Å². The summed E-state index contributed by atoms with van der Waals surface area (Å²) < 4.78 is 16.5. The molecule has 3 rings (SSSR count).